The second kappa shape index (κ2) is 6.57. The summed E-state index contributed by atoms with van der Waals surface area (Å²) in [6.07, 6.45) is -0.945. The maximum absolute atomic E-state index is 13.1. The first-order valence-corrected chi connectivity index (χ1v) is 9.42. The quantitative estimate of drug-likeness (QED) is 0.886. The number of nitrogens with zero attached hydrogens (tertiary/aromatic N) is 1. The lowest BCUT2D eigenvalue weighted by molar-refractivity contribution is -0.127. The van der Waals surface area contributed by atoms with Crippen molar-refractivity contribution in [2.24, 2.45) is 0 Å². The van der Waals surface area contributed by atoms with E-state index in [-0.39, 0.29) is 11.4 Å². The highest BCUT2D eigenvalue weighted by Gasteiger charge is 2.37. The average molecular weight is 381 g/mol. The van der Waals surface area contributed by atoms with Gasteiger partial charge in [0.2, 0.25) is 0 Å². The second-order valence-electron chi connectivity index (χ2n) is 5.68. The Balaban J connectivity index is 2.11. The Labute approximate surface area is 151 Å². The van der Waals surface area contributed by atoms with E-state index in [1.807, 2.05) is 6.92 Å². The molecule has 1 amide bonds. The highest BCUT2D eigenvalue weighted by atomic mass is 35.5. The van der Waals surface area contributed by atoms with Gasteiger partial charge >= 0.3 is 0 Å². The maximum atomic E-state index is 13.1. The first-order valence-electron chi connectivity index (χ1n) is 7.60. The second-order valence-corrected chi connectivity index (χ2v) is 7.98. The van der Waals surface area contributed by atoms with Crippen LogP contribution in [-0.2, 0) is 14.8 Å². The molecule has 25 heavy (non-hydrogen) atoms. The number of aryl methyl sites for hydroxylation is 1. The molecular formula is C17H17ClN2O4S. The van der Waals surface area contributed by atoms with Gasteiger partial charge in [-0.15, -0.1) is 0 Å². The lowest BCUT2D eigenvalue weighted by atomic mass is 10.2. The molecule has 0 radical (unpaired) electrons. The standard InChI is InChI=1S/C17H17ClN2O4S/c1-11-3-6-13(7-4-11)25(22,23)20-10-16(17(21)19-2)24-15-8-5-12(18)9-14(15)20/h3-9,16H,10H2,1-2H3,(H,19,21). The predicted molar refractivity (Wildman–Crippen MR) is 95.6 cm³/mol. The van der Waals surface area contributed by atoms with E-state index >= 15 is 0 Å². The molecule has 1 atom stereocenters. The van der Waals surface area contributed by atoms with Crippen molar-refractivity contribution in [2.45, 2.75) is 17.9 Å². The third-order valence-electron chi connectivity index (χ3n) is 3.94. The Kier molecular flexibility index (Phi) is 4.62. The predicted octanol–water partition coefficient (Wildman–Crippen LogP) is 2.35. The molecule has 8 heteroatoms. The molecule has 132 valence electrons. The highest BCUT2D eigenvalue weighted by molar-refractivity contribution is 7.92. The molecule has 6 nitrogen and oxygen atoms in total. The van der Waals surface area contributed by atoms with Gasteiger partial charge in [0.15, 0.2) is 6.10 Å². The minimum atomic E-state index is -3.87. The van der Waals surface area contributed by atoms with Crippen molar-refractivity contribution < 1.29 is 17.9 Å². The Morgan fingerprint density at radius 3 is 2.56 bits per heavy atom. The van der Waals surface area contributed by atoms with Crippen LogP contribution in [0.5, 0.6) is 5.75 Å². The number of nitrogens with one attached hydrogen (secondary N) is 1. The minimum Gasteiger partial charge on any atom is -0.476 e. The first kappa shape index (κ1) is 17.6. The number of anilines is 1. The lowest BCUT2D eigenvalue weighted by Crippen LogP contribution is -2.50. The summed E-state index contributed by atoms with van der Waals surface area (Å²) in [5.41, 5.74) is 1.26. The summed E-state index contributed by atoms with van der Waals surface area (Å²) in [5, 5.41) is 2.86. The summed E-state index contributed by atoms with van der Waals surface area (Å²) in [5.74, 6) is -0.107. The number of hydrogen-bond acceptors (Lipinski definition) is 4. The molecule has 0 aliphatic carbocycles. The number of amides is 1. The topological polar surface area (TPSA) is 75.7 Å². The summed E-state index contributed by atoms with van der Waals surface area (Å²) in [6, 6.07) is 11.2. The van der Waals surface area contributed by atoms with Crippen molar-refractivity contribution >= 4 is 33.2 Å². The molecule has 0 spiro atoms. The van der Waals surface area contributed by atoms with E-state index in [0.717, 1.165) is 5.56 Å². The third-order valence-corrected chi connectivity index (χ3v) is 5.97. The summed E-state index contributed by atoms with van der Waals surface area (Å²) in [4.78, 5) is 12.2. The molecule has 1 aliphatic heterocycles. The summed E-state index contributed by atoms with van der Waals surface area (Å²) < 4.78 is 33.1. The van der Waals surface area contributed by atoms with Crippen molar-refractivity contribution in [1.29, 1.82) is 0 Å². The highest BCUT2D eigenvalue weighted by Crippen LogP contribution is 2.38. The average Bonchev–Trinajstić information content (AvgIpc) is 2.60. The number of carbonyl (C=O) groups is 1. The fourth-order valence-corrected chi connectivity index (χ4v) is 4.22. The molecule has 0 saturated heterocycles. The van der Waals surface area contributed by atoms with Crippen LogP contribution in [0.3, 0.4) is 0 Å². The van der Waals surface area contributed by atoms with Gasteiger partial charge in [0.25, 0.3) is 15.9 Å². The van der Waals surface area contributed by atoms with Crippen LogP contribution in [0.2, 0.25) is 5.02 Å². The van der Waals surface area contributed by atoms with Gasteiger partial charge in [-0.3, -0.25) is 9.10 Å². The minimum absolute atomic E-state index is 0.136. The monoisotopic (exact) mass is 380 g/mol. The Morgan fingerprint density at radius 1 is 1.24 bits per heavy atom. The maximum Gasteiger partial charge on any atom is 0.264 e. The van der Waals surface area contributed by atoms with Crippen LogP contribution in [0.4, 0.5) is 5.69 Å². The van der Waals surface area contributed by atoms with Crippen LogP contribution in [-0.4, -0.2) is 34.0 Å². The molecule has 1 aliphatic rings. The number of likely N-dealkylation sites (N-methyl/N-ethyl adjacent to an activating group) is 1. The van der Waals surface area contributed by atoms with Crippen LogP contribution in [0.1, 0.15) is 5.56 Å². The van der Waals surface area contributed by atoms with Crippen molar-refractivity contribution in [2.75, 3.05) is 17.9 Å². The van der Waals surface area contributed by atoms with Crippen LogP contribution < -0.4 is 14.4 Å². The molecule has 1 heterocycles. The van der Waals surface area contributed by atoms with Gasteiger partial charge in [0.1, 0.15) is 5.75 Å². The van der Waals surface area contributed by atoms with Crippen molar-refractivity contribution in [3.8, 4) is 5.75 Å². The number of hydrogen-bond donors (Lipinski definition) is 1. The van der Waals surface area contributed by atoms with E-state index in [1.54, 1.807) is 36.4 Å². The van der Waals surface area contributed by atoms with Crippen LogP contribution in [0.15, 0.2) is 47.4 Å². The molecule has 2 aromatic carbocycles. The van der Waals surface area contributed by atoms with Gasteiger partial charge in [-0.2, -0.15) is 0 Å². The third kappa shape index (κ3) is 3.29. The zero-order chi connectivity index (χ0) is 18.2. The van der Waals surface area contributed by atoms with Crippen LogP contribution in [0, 0.1) is 6.92 Å². The number of carbonyl (C=O) groups excluding carboxylic acids is 1. The zero-order valence-electron chi connectivity index (χ0n) is 13.7. The molecule has 0 aromatic heterocycles. The van der Waals surface area contributed by atoms with E-state index in [9.17, 15) is 13.2 Å². The Hall–Kier alpha value is -2.25. The lowest BCUT2D eigenvalue weighted by Gasteiger charge is -2.34. The van der Waals surface area contributed by atoms with Crippen LogP contribution >= 0.6 is 11.6 Å². The fraction of sp³-hybridized carbons (Fsp3) is 0.235. The Bertz CT molecular complexity index is 913. The van der Waals surface area contributed by atoms with Gasteiger partial charge in [-0.05, 0) is 37.3 Å². The van der Waals surface area contributed by atoms with Gasteiger partial charge in [-0.25, -0.2) is 8.42 Å². The summed E-state index contributed by atoms with van der Waals surface area (Å²) in [6.45, 7) is 1.74. The molecule has 0 saturated carbocycles. The van der Waals surface area contributed by atoms with Gasteiger partial charge < -0.3 is 10.1 Å². The molecule has 3 rings (SSSR count). The molecule has 0 fully saturated rings. The largest absolute Gasteiger partial charge is 0.476 e. The van der Waals surface area contributed by atoms with E-state index in [1.165, 1.54) is 17.4 Å². The summed E-state index contributed by atoms with van der Waals surface area (Å²) in [7, 11) is -2.39. The van der Waals surface area contributed by atoms with Gasteiger partial charge in [0.05, 0.1) is 17.1 Å². The first-order chi connectivity index (χ1) is 11.8. The van der Waals surface area contributed by atoms with E-state index < -0.39 is 22.0 Å². The van der Waals surface area contributed by atoms with Gasteiger partial charge in [-0.1, -0.05) is 29.3 Å². The smallest absolute Gasteiger partial charge is 0.264 e. The molecule has 1 N–H and O–H groups in total. The number of rotatable bonds is 3. The fourth-order valence-electron chi connectivity index (χ4n) is 2.59. The Morgan fingerprint density at radius 2 is 1.92 bits per heavy atom. The van der Waals surface area contributed by atoms with E-state index in [4.69, 9.17) is 16.3 Å². The van der Waals surface area contributed by atoms with Crippen molar-refractivity contribution in [1.82, 2.24) is 5.32 Å². The SMILES string of the molecule is CNC(=O)C1CN(S(=O)(=O)c2ccc(C)cc2)c2cc(Cl)ccc2O1. The molecule has 1 unspecified atom stereocenters. The van der Waals surface area contributed by atoms with E-state index in [0.29, 0.717) is 16.5 Å². The molecule has 2 aromatic rings. The summed E-state index contributed by atoms with van der Waals surface area (Å²) >= 11 is 6.03. The van der Waals surface area contributed by atoms with E-state index in [2.05, 4.69) is 5.32 Å². The molecule has 0 bridgehead atoms. The molecular weight excluding hydrogens is 364 g/mol. The number of ether oxygens (including phenoxy) is 1. The normalized spacial score (nSPS) is 16.8. The number of benzene rings is 2. The van der Waals surface area contributed by atoms with Gasteiger partial charge in [0, 0.05) is 12.1 Å². The van der Waals surface area contributed by atoms with Crippen LogP contribution in [0.25, 0.3) is 0 Å². The van der Waals surface area contributed by atoms with Crippen molar-refractivity contribution in [3.63, 3.8) is 0 Å². The zero-order valence-corrected chi connectivity index (χ0v) is 15.3. The number of sulfonamides is 1. The number of fused-ring (bicyclic) bond motifs is 1. The number of halogens is 1. The van der Waals surface area contributed by atoms with Crippen molar-refractivity contribution in [3.05, 3.63) is 53.1 Å².